The molecule has 2 aromatic rings. The molecule has 1 aliphatic heterocycles. The van der Waals surface area contributed by atoms with E-state index >= 15 is 0 Å². The highest BCUT2D eigenvalue weighted by atomic mass is 19.2. The number of methoxy groups -OCH3 is 1. The summed E-state index contributed by atoms with van der Waals surface area (Å²) in [7, 11) is 1.24. The highest BCUT2D eigenvalue weighted by molar-refractivity contribution is 6.16. The van der Waals surface area contributed by atoms with E-state index < -0.39 is 11.6 Å². The molecule has 10 heteroatoms. The lowest BCUT2D eigenvalue weighted by atomic mass is 10.0. The molecule has 3 N–H and O–H groups in total. The SMILES string of the molecule is COc1ccc(/C(C=N)=C/C(N)=Nc2ccnc(N3C[C@@H](C)O[C@@H](C)C3)n2)c(F)c1F.[HH]. The lowest BCUT2D eigenvalue weighted by molar-refractivity contribution is -0.00571. The lowest BCUT2D eigenvalue weighted by Crippen LogP contribution is -2.46. The number of ether oxygens (including phenoxy) is 2. The van der Waals surface area contributed by atoms with E-state index in [0.29, 0.717) is 24.9 Å². The summed E-state index contributed by atoms with van der Waals surface area (Å²) in [5.74, 6) is -1.73. The van der Waals surface area contributed by atoms with E-state index in [0.717, 1.165) is 6.21 Å². The van der Waals surface area contributed by atoms with Crippen LogP contribution in [-0.2, 0) is 4.74 Å². The van der Waals surface area contributed by atoms with Crippen molar-refractivity contribution < 1.29 is 19.7 Å². The van der Waals surface area contributed by atoms with Gasteiger partial charge in [-0.25, -0.2) is 14.4 Å². The van der Waals surface area contributed by atoms with Gasteiger partial charge in [-0.1, -0.05) is 0 Å². The van der Waals surface area contributed by atoms with Crippen LogP contribution < -0.4 is 15.4 Å². The minimum atomic E-state index is -1.14. The van der Waals surface area contributed by atoms with Gasteiger partial charge in [0.25, 0.3) is 0 Å². The molecule has 0 bridgehead atoms. The van der Waals surface area contributed by atoms with Crippen LogP contribution in [0.25, 0.3) is 5.57 Å². The maximum Gasteiger partial charge on any atom is 0.227 e. The number of morpholine rings is 1. The molecule has 2 heterocycles. The zero-order valence-electron chi connectivity index (χ0n) is 17.5. The molecule has 0 spiro atoms. The summed E-state index contributed by atoms with van der Waals surface area (Å²) in [6.07, 6.45) is 3.80. The molecule has 1 aliphatic rings. The van der Waals surface area contributed by atoms with Crippen molar-refractivity contribution in [1.29, 1.82) is 5.41 Å². The molecule has 0 unspecified atom stereocenters. The summed E-state index contributed by atoms with van der Waals surface area (Å²) in [6.45, 7) is 5.25. The topological polar surface area (TPSA) is 110 Å². The number of hydrogen-bond acceptors (Lipinski definition) is 7. The molecule has 1 saturated heterocycles. The third kappa shape index (κ3) is 5.21. The predicted octanol–water partition coefficient (Wildman–Crippen LogP) is 3.34. The van der Waals surface area contributed by atoms with E-state index in [-0.39, 0.29) is 36.4 Å². The van der Waals surface area contributed by atoms with Crippen molar-refractivity contribution in [3.8, 4) is 5.75 Å². The smallest absolute Gasteiger partial charge is 0.227 e. The van der Waals surface area contributed by atoms with E-state index in [1.165, 1.54) is 25.3 Å². The van der Waals surface area contributed by atoms with Gasteiger partial charge in [-0.15, -0.1) is 0 Å². The number of aromatic nitrogens is 2. The van der Waals surface area contributed by atoms with Crippen LogP contribution in [0.1, 0.15) is 20.8 Å². The summed E-state index contributed by atoms with van der Waals surface area (Å²) >= 11 is 0. The van der Waals surface area contributed by atoms with Crippen molar-refractivity contribution in [2.24, 2.45) is 10.7 Å². The molecular formula is C21H26F2N6O2. The highest BCUT2D eigenvalue weighted by Gasteiger charge is 2.24. The van der Waals surface area contributed by atoms with Gasteiger partial charge < -0.3 is 25.5 Å². The summed E-state index contributed by atoms with van der Waals surface area (Å²) < 4.78 is 38.9. The number of anilines is 1. The van der Waals surface area contributed by atoms with Crippen molar-refractivity contribution >= 4 is 29.4 Å². The first-order valence-corrected chi connectivity index (χ1v) is 9.64. The molecule has 1 aromatic heterocycles. The molecule has 0 amide bonds. The number of nitrogens with two attached hydrogens (primary N) is 1. The summed E-state index contributed by atoms with van der Waals surface area (Å²) in [5.41, 5.74) is 5.89. The van der Waals surface area contributed by atoms with Crippen LogP contribution >= 0.6 is 0 Å². The molecule has 0 aliphatic carbocycles. The predicted molar refractivity (Wildman–Crippen MR) is 117 cm³/mol. The van der Waals surface area contributed by atoms with Crippen LogP contribution in [0.15, 0.2) is 35.5 Å². The van der Waals surface area contributed by atoms with E-state index in [1.54, 1.807) is 12.3 Å². The van der Waals surface area contributed by atoms with E-state index in [9.17, 15) is 8.78 Å². The van der Waals surface area contributed by atoms with E-state index in [1.807, 2.05) is 18.7 Å². The summed E-state index contributed by atoms with van der Waals surface area (Å²) in [4.78, 5) is 14.9. The van der Waals surface area contributed by atoms with Crippen molar-refractivity contribution in [2.75, 3.05) is 25.1 Å². The van der Waals surface area contributed by atoms with Gasteiger partial charge >= 0.3 is 0 Å². The number of nitrogens with one attached hydrogen (secondary N) is 1. The molecule has 1 aromatic carbocycles. The average molecular weight is 432 g/mol. The Hall–Kier alpha value is -3.40. The quantitative estimate of drug-likeness (QED) is 0.535. The number of amidine groups is 1. The molecule has 3 rings (SSSR count). The molecule has 0 radical (unpaired) electrons. The summed E-state index contributed by atoms with van der Waals surface area (Å²) in [6, 6.07) is 4.17. The van der Waals surface area contributed by atoms with Gasteiger partial charge in [0.05, 0.1) is 19.3 Å². The van der Waals surface area contributed by atoms with Gasteiger partial charge in [0.1, 0.15) is 5.84 Å². The molecule has 0 saturated carbocycles. The van der Waals surface area contributed by atoms with Crippen molar-refractivity contribution in [3.63, 3.8) is 0 Å². The minimum Gasteiger partial charge on any atom is -0.494 e. The normalized spacial score (nSPS) is 20.0. The Balaban J connectivity index is 0.00000363. The lowest BCUT2D eigenvalue weighted by Gasteiger charge is -2.35. The number of nitrogens with zero attached hydrogens (tertiary/aromatic N) is 4. The average Bonchev–Trinajstić information content (AvgIpc) is 2.73. The van der Waals surface area contributed by atoms with Crippen molar-refractivity contribution in [1.82, 2.24) is 9.97 Å². The number of hydrogen-bond donors (Lipinski definition) is 2. The van der Waals surface area contributed by atoms with Crippen LogP contribution in [0.5, 0.6) is 5.75 Å². The second-order valence-electron chi connectivity index (χ2n) is 7.10. The van der Waals surface area contributed by atoms with Crippen molar-refractivity contribution in [2.45, 2.75) is 26.1 Å². The van der Waals surface area contributed by atoms with Crippen molar-refractivity contribution in [3.05, 3.63) is 47.7 Å². The molecule has 31 heavy (non-hydrogen) atoms. The maximum atomic E-state index is 14.4. The van der Waals surface area contributed by atoms with Gasteiger partial charge in [-0.2, -0.15) is 9.37 Å². The van der Waals surface area contributed by atoms with Crippen LogP contribution in [0.4, 0.5) is 20.5 Å². The van der Waals surface area contributed by atoms with Gasteiger partial charge in [0, 0.05) is 44.1 Å². The zero-order valence-corrected chi connectivity index (χ0v) is 17.5. The number of benzene rings is 1. The Morgan fingerprint density at radius 2 is 2.00 bits per heavy atom. The Bertz CT molecular complexity index is 1020. The van der Waals surface area contributed by atoms with Crippen LogP contribution in [0.2, 0.25) is 0 Å². The number of aliphatic imine (C=N–C) groups is 1. The summed E-state index contributed by atoms with van der Waals surface area (Å²) in [5, 5.41) is 7.57. The van der Waals surface area contributed by atoms with E-state index in [2.05, 4.69) is 15.0 Å². The fraction of sp³-hybridized carbons (Fsp3) is 0.333. The molecular weight excluding hydrogens is 406 g/mol. The molecule has 166 valence electrons. The fourth-order valence-electron chi connectivity index (χ4n) is 3.33. The fourth-order valence-corrected chi connectivity index (χ4v) is 3.33. The second-order valence-corrected chi connectivity index (χ2v) is 7.10. The number of rotatable bonds is 6. The standard InChI is InChI=1S/C21H24F2N6O2.H2/c1-12-10-29(11-13(2)31-12)21-26-7-6-18(28-21)27-17(25)8-14(9-24)15-4-5-16(30-3)20(23)19(15)22;/h4-9,12-13,24H,10-11H2,1-3H3,(H2,25,26,27,28);1H/b14-8+,24-9?;/t12-,13+;. The van der Waals surface area contributed by atoms with Crippen LogP contribution in [0, 0.1) is 17.0 Å². The Morgan fingerprint density at radius 1 is 1.29 bits per heavy atom. The van der Waals surface area contributed by atoms with Crippen LogP contribution in [0.3, 0.4) is 0 Å². The Morgan fingerprint density at radius 3 is 2.65 bits per heavy atom. The minimum absolute atomic E-state index is 0. The first-order valence-electron chi connectivity index (χ1n) is 9.64. The first kappa shape index (κ1) is 22.3. The van der Waals surface area contributed by atoms with Crippen LogP contribution in [-0.4, -0.2) is 54.4 Å². The third-order valence-electron chi connectivity index (χ3n) is 4.61. The molecule has 8 nitrogen and oxygen atoms in total. The van der Waals surface area contributed by atoms with Gasteiger partial charge in [0.15, 0.2) is 17.4 Å². The Labute approximate surface area is 180 Å². The second kappa shape index (κ2) is 9.61. The first-order chi connectivity index (χ1) is 14.8. The van der Waals surface area contributed by atoms with E-state index in [4.69, 9.17) is 20.6 Å². The van der Waals surface area contributed by atoms with Gasteiger partial charge in [-0.05, 0) is 32.1 Å². The Kier molecular flexibility index (Phi) is 6.91. The monoisotopic (exact) mass is 432 g/mol. The maximum absolute atomic E-state index is 14.4. The number of allylic oxidation sites excluding steroid dienone is 1. The molecule has 2 atom stereocenters. The van der Waals surface area contributed by atoms with Gasteiger partial charge in [-0.3, -0.25) is 0 Å². The highest BCUT2D eigenvalue weighted by Crippen LogP contribution is 2.26. The van der Waals surface area contributed by atoms with Gasteiger partial charge in [0.2, 0.25) is 11.8 Å². The third-order valence-corrected chi connectivity index (χ3v) is 4.61. The molecule has 1 fully saturated rings. The largest absolute Gasteiger partial charge is 0.494 e. The number of halogens is 2. The zero-order chi connectivity index (χ0) is 22.5.